The Balaban J connectivity index is 2.22. The predicted molar refractivity (Wildman–Crippen MR) is 78.4 cm³/mol. The van der Waals surface area contributed by atoms with E-state index in [1.54, 1.807) is 11.3 Å². The maximum absolute atomic E-state index is 5.59. The Hall–Kier alpha value is -1.80. The Kier molecular flexibility index (Phi) is 3.03. The van der Waals surface area contributed by atoms with Crippen molar-refractivity contribution in [1.82, 2.24) is 0 Å². The second kappa shape index (κ2) is 4.83. The van der Waals surface area contributed by atoms with Gasteiger partial charge in [0, 0.05) is 4.88 Å². The monoisotopic (exact) mass is 254 g/mol. The standard InChI is InChI=1S/C16H14OS/c1-2-17-13-9-8-12-5-3-6-14(15(12)11-13)16-7-4-10-18-16/h3-11H,2H2,1H3. The molecule has 90 valence electrons. The van der Waals surface area contributed by atoms with Gasteiger partial charge in [-0.15, -0.1) is 11.3 Å². The molecule has 0 radical (unpaired) electrons. The van der Waals surface area contributed by atoms with E-state index in [1.807, 2.05) is 13.0 Å². The molecule has 0 aliphatic heterocycles. The Labute approximate surface area is 111 Å². The first-order valence-electron chi connectivity index (χ1n) is 6.08. The Morgan fingerprint density at radius 3 is 2.78 bits per heavy atom. The van der Waals surface area contributed by atoms with Gasteiger partial charge < -0.3 is 4.74 Å². The third-order valence-electron chi connectivity index (χ3n) is 2.95. The van der Waals surface area contributed by atoms with Crippen LogP contribution in [0, 0.1) is 0 Å². The van der Waals surface area contributed by atoms with Crippen LogP contribution in [0.25, 0.3) is 21.2 Å². The van der Waals surface area contributed by atoms with Crippen LogP contribution in [0.5, 0.6) is 5.75 Å². The molecule has 0 saturated heterocycles. The number of hydrogen-bond acceptors (Lipinski definition) is 2. The molecule has 0 unspecified atom stereocenters. The van der Waals surface area contributed by atoms with Crippen molar-refractivity contribution in [3.05, 3.63) is 53.9 Å². The summed E-state index contributed by atoms with van der Waals surface area (Å²) in [6.07, 6.45) is 0. The van der Waals surface area contributed by atoms with Gasteiger partial charge in [-0.1, -0.05) is 30.3 Å². The molecule has 0 saturated carbocycles. The van der Waals surface area contributed by atoms with Gasteiger partial charge in [0.15, 0.2) is 0 Å². The normalized spacial score (nSPS) is 10.7. The molecule has 0 spiro atoms. The molecule has 0 amide bonds. The van der Waals surface area contributed by atoms with Gasteiger partial charge in [0.25, 0.3) is 0 Å². The van der Waals surface area contributed by atoms with Crippen molar-refractivity contribution >= 4 is 22.1 Å². The predicted octanol–water partition coefficient (Wildman–Crippen LogP) is 4.97. The van der Waals surface area contributed by atoms with E-state index >= 15 is 0 Å². The van der Waals surface area contributed by atoms with Gasteiger partial charge in [0.2, 0.25) is 0 Å². The van der Waals surface area contributed by atoms with Crippen LogP contribution in [0.3, 0.4) is 0 Å². The zero-order chi connectivity index (χ0) is 12.4. The summed E-state index contributed by atoms with van der Waals surface area (Å²) in [4.78, 5) is 1.30. The summed E-state index contributed by atoms with van der Waals surface area (Å²) in [6.45, 7) is 2.71. The summed E-state index contributed by atoms with van der Waals surface area (Å²) in [7, 11) is 0. The summed E-state index contributed by atoms with van der Waals surface area (Å²) < 4.78 is 5.59. The maximum atomic E-state index is 5.59. The van der Waals surface area contributed by atoms with Crippen molar-refractivity contribution in [2.24, 2.45) is 0 Å². The molecule has 1 aromatic heterocycles. The fourth-order valence-corrected chi connectivity index (χ4v) is 2.92. The van der Waals surface area contributed by atoms with Gasteiger partial charge in [0.05, 0.1) is 6.61 Å². The van der Waals surface area contributed by atoms with E-state index in [0.29, 0.717) is 6.61 Å². The number of fused-ring (bicyclic) bond motifs is 1. The maximum Gasteiger partial charge on any atom is 0.119 e. The molecule has 1 heterocycles. The van der Waals surface area contributed by atoms with Crippen molar-refractivity contribution < 1.29 is 4.74 Å². The molecule has 0 N–H and O–H groups in total. The molecule has 2 heteroatoms. The summed E-state index contributed by atoms with van der Waals surface area (Å²) in [5.74, 6) is 0.939. The van der Waals surface area contributed by atoms with E-state index in [9.17, 15) is 0 Å². The average molecular weight is 254 g/mol. The minimum Gasteiger partial charge on any atom is -0.494 e. The lowest BCUT2D eigenvalue weighted by molar-refractivity contribution is 0.341. The van der Waals surface area contributed by atoms with Gasteiger partial charge >= 0.3 is 0 Å². The molecular formula is C16H14OS. The highest BCUT2D eigenvalue weighted by molar-refractivity contribution is 7.13. The number of thiophene rings is 1. The third-order valence-corrected chi connectivity index (χ3v) is 3.85. The minimum absolute atomic E-state index is 0.701. The molecular weight excluding hydrogens is 240 g/mol. The molecule has 3 aromatic rings. The summed E-state index contributed by atoms with van der Waals surface area (Å²) in [5, 5.41) is 4.62. The molecule has 2 aromatic carbocycles. The van der Waals surface area contributed by atoms with Crippen molar-refractivity contribution in [3.63, 3.8) is 0 Å². The van der Waals surface area contributed by atoms with Crippen LogP contribution in [0.2, 0.25) is 0 Å². The average Bonchev–Trinajstić information content (AvgIpc) is 2.92. The van der Waals surface area contributed by atoms with Gasteiger partial charge in [-0.3, -0.25) is 0 Å². The highest BCUT2D eigenvalue weighted by Gasteiger charge is 2.05. The Bertz CT molecular complexity index is 656. The van der Waals surface area contributed by atoms with Gasteiger partial charge in [-0.2, -0.15) is 0 Å². The smallest absolute Gasteiger partial charge is 0.119 e. The lowest BCUT2D eigenvalue weighted by atomic mass is 10.0. The number of hydrogen-bond donors (Lipinski definition) is 0. The van der Waals surface area contributed by atoms with Crippen LogP contribution in [0.1, 0.15) is 6.92 Å². The molecule has 0 bridgehead atoms. The molecule has 1 nitrogen and oxygen atoms in total. The molecule has 0 fully saturated rings. The fourth-order valence-electron chi connectivity index (χ4n) is 2.15. The minimum atomic E-state index is 0.701. The van der Waals surface area contributed by atoms with E-state index in [2.05, 4.69) is 47.8 Å². The van der Waals surface area contributed by atoms with Gasteiger partial charge in [0.1, 0.15) is 5.75 Å². The number of rotatable bonds is 3. The summed E-state index contributed by atoms with van der Waals surface area (Å²) in [5.41, 5.74) is 1.28. The van der Waals surface area contributed by atoms with E-state index in [1.165, 1.54) is 21.2 Å². The second-order valence-electron chi connectivity index (χ2n) is 4.10. The van der Waals surface area contributed by atoms with E-state index in [-0.39, 0.29) is 0 Å². The molecule has 0 aliphatic rings. The van der Waals surface area contributed by atoms with E-state index in [0.717, 1.165) is 5.75 Å². The highest BCUT2D eigenvalue weighted by Crippen LogP contribution is 2.33. The second-order valence-corrected chi connectivity index (χ2v) is 5.05. The van der Waals surface area contributed by atoms with Crippen molar-refractivity contribution in [3.8, 4) is 16.2 Å². The quantitative estimate of drug-likeness (QED) is 0.641. The Morgan fingerprint density at radius 2 is 2.00 bits per heavy atom. The van der Waals surface area contributed by atoms with Crippen LogP contribution in [0.4, 0.5) is 0 Å². The SMILES string of the molecule is CCOc1ccc2cccc(-c3cccs3)c2c1. The lowest BCUT2D eigenvalue weighted by Crippen LogP contribution is -1.91. The zero-order valence-electron chi connectivity index (χ0n) is 10.2. The molecule has 3 rings (SSSR count). The van der Waals surface area contributed by atoms with Crippen molar-refractivity contribution in [1.29, 1.82) is 0 Å². The van der Waals surface area contributed by atoms with Crippen LogP contribution in [-0.4, -0.2) is 6.61 Å². The van der Waals surface area contributed by atoms with Crippen LogP contribution < -0.4 is 4.74 Å². The highest BCUT2D eigenvalue weighted by atomic mass is 32.1. The Morgan fingerprint density at radius 1 is 1.06 bits per heavy atom. The lowest BCUT2D eigenvalue weighted by Gasteiger charge is -2.08. The first kappa shape index (κ1) is 11.3. The fraction of sp³-hybridized carbons (Fsp3) is 0.125. The van der Waals surface area contributed by atoms with Crippen molar-refractivity contribution in [2.45, 2.75) is 6.92 Å². The largest absolute Gasteiger partial charge is 0.494 e. The molecule has 18 heavy (non-hydrogen) atoms. The molecule has 0 atom stereocenters. The van der Waals surface area contributed by atoms with Crippen molar-refractivity contribution in [2.75, 3.05) is 6.61 Å². The first-order chi connectivity index (χ1) is 8.88. The van der Waals surface area contributed by atoms with Gasteiger partial charge in [-0.05, 0) is 46.8 Å². The zero-order valence-corrected chi connectivity index (χ0v) is 11.0. The summed E-state index contributed by atoms with van der Waals surface area (Å²) >= 11 is 1.77. The van der Waals surface area contributed by atoms with E-state index in [4.69, 9.17) is 4.74 Å². The first-order valence-corrected chi connectivity index (χ1v) is 6.96. The van der Waals surface area contributed by atoms with Crippen LogP contribution >= 0.6 is 11.3 Å². The van der Waals surface area contributed by atoms with Gasteiger partial charge in [-0.25, -0.2) is 0 Å². The number of benzene rings is 2. The molecule has 0 aliphatic carbocycles. The van der Waals surface area contributed by atoms with Crippen LogP contribution in [0.15, 0.2) is 53.9 Å². The topological polar surface area (TPSA) is 9.23 Å². The van der Waals surface area contributed by atoms with Crippen LogP contribution in [-0.2, 0) is 0 Å². The van der Waals surface area contributed by atoms with E-state index < -0.39 is 0 Å². The summed E-state index contributed by atoms with van der Waals surface area (Å²) in [6, 6.07) is 17.0. The third kappa shape index (κ3) is 2.00. The number of ether oxygens (including phenoxy) is 1.